The summed E-state index contributed by atoms with van der Waals surface area (Å²) in [5, 5.41) is 7.21. The largest absolute Gasteiger partial charge is 0.358 e. The maximum Gasteiger partial charge on any atom is 0.171 e. The van der Waals surface area contributed by atoms with Crippen LogP contribution in [0.25, 0.3) is 11.1 Å². The fraction of sp³-hybridized carbons (Fsp3) is 0.0500. The van der Waals surface area contributed by atoms with Crippen molar-refractivity contribution in [3.8, 4) is 11.1 Å². The number of hydrogen-bond acceptors (Lipinski definition) is 1. The van der Waals surface area contributed by atoms with Gasteiger partial charge < -0.3 is 10.6 Å². The van der Waals surface area contributed by atoms with Crippen molar-refractivity contribution in [2.24, 2.45) is 0 Å². The van der Waals surface area contributed by atoms with Gasteiger partial charge in [-0.3, -0.25) is 0 Å². The van der Waals surface area contributed by atoms with Gasteiger partial charge in [0.2, 0.25) is 0 Å². The van der Waals surface area contributed by atoms with Crippen molar-refractivity contribution in [2.45, 2.75) is 6.54 Å². The lowest BCUT2D eigenvalue weighted by atomic mass is 10.0. The van der Waals surface area contributed by atoms with Gasteiger partial charge in [-0.05, 0) is 64.1 Å². The van der Waals surface area contributed by atoms with Gasteiger partial charge in [-0.25, -0.2) is 0 Å². The van der Waals surface area contributed by atoms with Crippen LogP contribution in [0.1, 0.15) is 5.56 Å². The Bertz CT molecular complexity index is 834. The first-order valence-electron chi connectivity index (χ1n) is 7.66. The summed E-state index contributed by atoms with van der Waals surface area (Å²) >= 11 is 7.77. The predicted octanol–water partition coefficient (Wildman–Crippen LogP) is 5.44. The second-order valence-corrected chi connectivity index (χ2v) is 7.00. The average molecular weight is 444 g/mol. The predicted molar refractivity (Wildman–Crippen MR) is 114 cm³/mol. The van der Waals surface area contributed by atoms with Crippen LogP contribution in [-0.4, -0.2) is 5.11 Å². The third-order valence-corrected chi connectivity index (χ3v) is 4.52. The van der Waals surface area contributed by atoms with Crippen molar-refractivity contribution >= 4 is 45.6 Å². The molecule has 0 aliphatic rings. The second kappa shape index (κ2) is 8.26. The fourth-order valence-electron chi connectivity index (χ4n) is 2.46. The van der Waals surface area contributed by atoms with Crippen molar-refractivity contribution in [3.05, 3.63) is 88.0 Å². The normalized spacial score (nSPS) is 10.2. The summed E-state index contributed by atoms with van der Waals surface area (Å²) in [6.45, 7) is 0.705. The van der Waals surface area contributed by atoms with Crippen molar-refractivity contribution in [3.63, 3.8) is 0 Å². The van der Waals surface area contributed by atoms with Gasteiger partial charge >= 0.3 is 0 Å². The van der Waals surface area contributed by atoms with Crippen LogP contribution in [0.4, 0.5) is 5.69 Å². The summed E-state index contributed by atoms with van der Waals surface area (Å²) < 4.78 is 1.22. The van der Waals surface area contributed by atoms with E-state index >= 15 is 0 Å². The van der Waals surface area contributed by atoms with E-state index in [1.807, 2.05) is 36.4 Å². The second-order valence-electron chi connectivity index (χ2n) is 5.35. The minimum Gasteiger partial charge on any atom is -0.358 e. The Labute approximate surface area is 161 Å². The molecule has 3 aromatic carbocycles. The molecule has 2 N–H and O–H groups in total. The lowest BCUT2D eigenvalue weighted by Gasteiger charge is -2.14. The Kier molecular flexibility index (Phi) is 5.82. The zero-order valence-electron chi connectivity index (χ0n) is 13.0. The Hall–Kier alpha value is -1.92. The molecule has 0 saturated heterocycles. The standard InChI is InChI=1S/C20H17IN2S/c21-17-10-6-7-15(13-17)14-22-20(24)23-19-12-5-4-11-18(19)16-8-2-1-3-9-16/h1-13H,14H2,(H2,22,23,24). The van der Waals surface area contributed by atoms with Crippen molar-refractivity contribution in [2.75, 3.05) is 5.32 Å². The van der Waals surface area contributed by atoms with Crippen LogP contribution in [-0.2, 0) is 6.54 Å². The molecule has 4 heteroatoms. The number of halogens is 1. The number of nitrogens with one attached hydrogen (secondary N) is 2. The summed E-state index contributed by atoms with van der Waals surface area (Å²) in [6, 6.07) is 26.9. The summed E-state index contributed by atoms with van der Waals surface area (Å²) in [6.07, 6.45) is 0. The van der Waals surface area contributed by atoms with Crippen molar-refractivity contribution in [1.29, 1.82) is 0 Å². The van der Waals surface area contributed by atoms with E-state index in [1.165, 1.54) is 14.7 Å². The summed E-state index contributed by atoms with van der Waals surface area (Å²) in [7, 11) is 0. The van der Waals surface area contributed by atoms with E-state index in [1.54, 1.807) is 0 Å². The van der Waals surface area contributed by atoms with E-state index in [4.69, 9.17) is 12.2 Å². The van der Waals surface area contributed by atoms with Crippen LogP contribution in [0.2, 0.25) is 0 Å². The Morgan fingerprint density at radius 3 is 2.42 bits per heavy atom. The minimum absolute atomic E-state index is 0.622. The molecule has 0 saturated carbocycles. The highest BCUT2D eigenvalue weighted by Crippen LogP contribution is 2.27. The zero-order valence-corrected chi connectivity index (χ0v) is 16.0. The van der Waals surface area contributed by atoms with E-state index in [2.05, 4.69) is 75.7 Å². The van der Waals surface area contributed by atoms with E-state index < -0.39 is 0 Å². The first-order valence-corrected chi connectivity index (χ1v) is 9.15. The lowest BCUT2D eigenvalue weighted by molar-refractivity contribution is 0.925. The number of anilines is 1. The van der Waals surface area contributed by atoms with Crippen LogP contribution in [0, 0.1) is 3.57 Å². The molecule has 3 rings (SSSR count). The lowest BCUT2D eigenvalue weighted by Crippen LogP contribution is -2.28. The third kappa shape index (κ3) is 4.55. The van der Waals surface area contributed by atoms with Gasteiger partial charge in [-0.2, -0.15) is 0 Å². The van der Waals surface area contributed by atoms with E-state index in [0.717, 1.165) is 11.3 Å². The average Bonchev–Trinajstić information content (AvgIpc) is 2.61. The van der Waals surface area contributed by atoms with Gasteiger partial charge in [-0.15, -0.1) is 0 Å². The molecular formula is C20H17IN2S. The van der Waals surface area contributed by atoms with Gasteiger partial charge in [0, 0.05) is 21.4 Å². The molecule has 0 aliphatic heterocycles. The molecule has 2 nitrogen and oxygen atoms in total. The minimum atomic E-state index is 0.622. The van der Waals surface area contributed by atoms with Gasteiger partial charge in [0.1, 0.15) is 0 Å². The van der Waals surface area contributed by atoms with E-state index in [0.29, 0.717) is 11.7 Å². The highest BCUT2D eigenvalue weighted by molar-refractivity contribution is 14.1. The summed E-state index contributed by atoms with van der Waals surface area (Å²) in [5.74, 6) is 0. The van der Waals surface area contributed by atoms with E-state index in [-0.39, 0.29) is 0 Å². The zero-order chi connectivity index (χ0) is 16.8. The quantitative estimate of drug-likeness (QED) is 0.414. The molecule has 3 aromatic rings. The maximum absolute atomic E-state index is 5.45. The molecule has 0 heterocycles. The van der Waals surface area contributed by atoms with E-state index in [9.17, 15) is 0 Å². The first-order chi connectivity index (χ1) is 11.7. The molecule has 0 radical (unpaired) electrons. The molecule has 0 spiro atoms. The number of thiocarbonyl (C=S) groups is 1. The van der Waals surface area contributed by atoms with Crippen LogP contribution in [0.5, 0.6) is 0 Å². The maximum atomic E-state index is 5.45. The Balaban J connectivity index is 1.69. The number of rotatable bonds is 4. The molecule has 120 valence electrons. The van der Waals surface area contributed by atoms with Crippen LogP contribution in [0.3, 0.4) is 0 Å². The highest BCUT2D eigenvalue weighted by Gasteiger charge is 2.05. The third-order valence-electron chi connectivity index (χ3n) is 3.60. The van der Waals surface area contributed by atoms with Gasteiger partial charge in [-0.1, -0.05) is 60.7 Å². The summed E-state index contributed by atoms with van der Waals surface area (Å²) in [5.41, 5.74) is 4.52. The van der Waals surface area contributed by atoms with Gasteiger partial charge in [0.25, 0.3) is 0 Å². The molecule has 0 fully saturated rings. The smallest absolute Gasteiger partial charge is 0.171 e. The molecule has 0 bridgehead atoms. The van der Waals surface area contributed by atoms with Crippen molar-refractivity contribution in [1.82, 2.24) is 5.32 Å². The SMILES string of the molecule is S=C(NCc1cccc(I)c1)Nc1ccccc1-c1ccccc1. The van der Waals surface area contributed by atoms with Gasteiger partial charge in [0.15, 0.2) is 5.11 Å². The molecule has 24 heavy (non-hydrogen) atoms. The number of hydrogen-bond donors (Lipinski definition) is 2. The molecule has 0 unspecified atom stereocenters. The van der Waals surface area contributed by atoms with Crippen LogP contribution < -0.4 is 10.6 Å². The Morgan fingerprint density at radius 1 is 0.875 bits per heavy atom. The Morgan fingerprint density at radius 2 is 1.62 bits per heavy atom. The molecule has 0 aromatic heterocycles. The van der Waals surface area contributed by atoms with Crippen molar-refractivity contribution < 1.29 is 0 Å². The molecule has 0 aliphatic carbocycles. The molecule has 0 atom stereocenters. The molecular weight excluding hydrogens is 427 g/mol. The fourth-order valence-corrected chi connectivity index (χ4v) is 3.25. The van der Waals surface area contributed by atoms with Crippen LogP contribution in [0.15, 0.2) is 78.9 Å². The topological polar surface area (TPSA) is 24.1 Å². The van der Waals surface area contributed by atoms with Crippen LogP contribution >= 0.6 is 34.8 Å². The number of para-hydroxylation sites is 1. The number of benzene rings is 3. The molecule has 0 amide bonds. The van der Waals surface area contributed by atoms with Gasteiger partial charge in [0.05, 0.1) is 0 Å². The highest BCUT2D eigenvalue weighted by atomic mass is 127. The monoisotopic (exact) mass is 444 g/mol. The first kappa shape index (κ1) is 16.9. The summed E-state index contributed by atoms with van der Waals surface area (Å²) in [4.78, 5) is 0.